The van der Waals surface area contributed by atoms with Crippen LogP contribution in [0, 0.1) is 5.41 Å². The quantitative estimate of drug-likeness (QED) is 0.877. The van der Waals surface area contributed by atoms with Gasteiger partial charge in [0.05, 0.1) is 11.9 Å². The molecule has 2 rings (SSSR count). The number of halogens is 1. The van der Waals surface area contributed by atoms with E-state index in [0.29, 0.717) is 12.2 Å². The summed E-state index contributed by atoms with van der Waals surface area (Å²) in [5, 5.41) is 7.71. The summed E-state index contributed by atoms with van der Waals surface area (Å²) in [6.07, 6.45) is 5.62. The molecule has 0 aliphatic carbocycles. The van der Waals surface area contributed by atoms with Crippen molar-refractivity contribution in [1.29, 1.82) is 0 Å². The molecule has 1 fully saturated rings. The number of rotatable bonds is 6. The van der Waals surface area contributed by atoms with Crippen molar-refractivity contribution in [3.05, 3.63) is 21.6 Å². The van der Waals surface area contributed by atoms with Gasteiger partial charge < -0.3 is 10.1 Å². The van der Waals surface area contributed by atoms with Gasteiger partial charge >= 0.3 is 0 Å². The molecule has 0 amide bonds. The largest absolute Gasteiger partial charge is 0.382 e. The Kier molecular flexibility index (Phi) is 5.65. The lowest BCUT2D eigenvalue weighted by Gasteiger charge is -2.33. The van der Waals surface area contributed by atoms with Crippen LogP contribution in [0.1, 0.15) is 39.5 Å². The molecule has 0 bridgehead atoms. The molecule has 1 aromatic rings. The Hall–Kier alpha value is -1.07. The van der Waals surface area contributed by atoms with E-state index in [9.17, 15) is 4.79 Å². The van der Waals surface area contributed by atoms with Crippen molar-refractivity contribution in [2.75, 3.05) is 25.1 Å². The van der Waals surface area contributed by atoms with Crippen molar-refractivity contribution in [2.24, 2.45) is 5.41 Å². The molecule has 0 unspecified atom stereocenters. The lowest BCUT2D eigenvalue weighted by atomic mass is 9.82. The van der Waals surface area contributed by atoms with Gasteiger partial charge in [-0.05, 0) is 24.7 Å². The molecule has 0 saturated carbocycles. The SMILES string of the molecule is CCCCn1ncc(NCC2(C)CCOCC2)c(Cl)c1=O. The highest BCUT2D eigenvalue weighted by Gasteiger charge is 2.27. The zero-order valence-electron chi connectivity index (χ0n) is 12.8. The number of hydrogen-bond donors (Lipinski definition) is 1. The highest BCUT2D eigenvalue weighted by Crippen LogP contribution is 2.30. The maximum absolute atomic E-state index is 12.1. The molecule has 1 N–H and O–H groups in total. The average molecular weight is 314 g/mol. The first-order chi connectivity index (χ1) is 10.1. The Balaban J connectivity index is 2.03. The van der Waals surface area contributed by atoms with E-state index in [1.54, 1.807) is 6.20 Å². The summed E-state index contributed by atoms with van der Waals surface area (Å²) in [5.74, 6) is 0. The van der Waals surface area contributed by atoms with Gasteiger partial charge in [-0.3, -0.25) is 4.79 Å². The minimum Gasteiger partial charge on any atom is -0.382 e. The molecule has 2 heterocycles. The van der Waals surface area contributed by atoms with Crippen molar-refractivity contribution in [1.82, 2.24) is 9.78 Å². The minimum atomic E-state index is -0.216. The van der Waals surface area contributed by atoms with E-state index in [0.717, 1.165) is 45.4 Å². The molecular formula is C15H24ClN3O2. The third kappa shape index (κ3) is 4.20. The van der Waals surface area contributed by atoms with Gasteiger partial charge in [0.1, 0.15) is 5.02 Å². The van der Waals surface area contributed by atoms with Crippen LogP contribution in [0.5, 0.6) is 0 Å². The molecular weight excluding hydrogens is 290 g/mol. The summed E-state index contributed by atoms with van der Waals surface area (Å²) in [5.41, 5.74) is 0.591. The number of hydrogen-bond acceptors (Lipinski definition) is 4. The van der Waals surface area contributed by atoms with Crippen LogP contribution in [0.3, 0.4) is 0 Å². The first-order valence-corrected chi connectivity index (χ1v) is 8.01. The molecule has 118 valence electrons. The fourth-order valence-corrected chi connectivity index (χ4v) is 2.62. The van der Waals surface area contributed by atoms with E-state index in [4.69, 9.17) is 16.3 Å². The van der Waals surface area contributed by atoms with Gasteiger partial charge in [0.2, 0.25) is 0 Å². The van der Waals surface area contributed by atoms with Crippen molar-refractivity contribution in [3.8, 4) is 0 Å². The smallest absolute Gasteiger partial charge is 0.287 e. The number of nitrogens with zero attached hydrogens (tertiary/aromatic N) is 2. The fraction of sp³-hybridized carbons (Fsp3) is 0.733. The molecule has 0 aromatic carbocycles. The molecule has 1 aromatic heterocycles. The zero-order chi connectivity index (χ0) is 15.3. The third-order valence-electron chi connectivity index (χ3n) is 4.11. The van der Waals surface area contributed by atoms with E-state index < -0.39 is 0 Å². The number of anilines is 1. The van der Waals surface area contributed by atoms with Crippen molar-refractivity contribution in [3.63, 3.8) is 0 Å². The maximum Gasteiger partial charge on any atom is 0.287 e. The first kappa shape index (κ1) is 16.3. The zero-order valence-corrected chi connectivity index (χ0v) is 13.6. The van der Waals surface area contributed by atoms with Crippen molar-refractivity contribution >= 4 is 17.3 Å². The van der Waals surface area contributed by atoms with E-state index in [1.165, 1.54) is 4.68 Å². The highest BCUT2D eigenvalue weighted by molar-refractivity contribution is 6.32. The van der Waals surface area contributed by atoms with Crippen LogP contribution in [-0.2, 0) is 11.3 Å². The maximum atomic E-state index is 12.1. The van der Waals surface area contributed by atoms with Crippen LogP contribution in [0.25, 0.3) is 0 Å². The van der Waals surface area contributed by atoms with Crippen LogP contribution in [0.2, 0.25) is 5.02 Å². The molecule has 0 spiro atoms. The number of aromatic nitrogens is 2. The predicted molar refractivity (Wildman–Crippen MR) is 85.1 cm³/mol. The Morgan fingerprint density at radius 2 is 2.19 bits per heavy atom. The highest BCUT2D eigenvalue weighted by atomic mass is 35.5. The number of aryl methyl sites for hydroxylation is 1. The van der Waals surface area contributed by atoms with E-state index in [-0.39, 0.29) is 16.0 Å². The standard InChI is InChI=1S/C15H24ClN3O2/c1-3-4-7-19-14(20)13(16)12(10-18-19)17-11-15(2)5-8-21-9-6-15/h10,17H,3-9,11H2,1-2H3. The first-order valence-electron chi connectivity index (χ1n) is 7.63. The van der Waals surface area contributed by atoms with E-state index >= 15 is 0 Å². The van der Waals surface area contributed by atoms with Gasteiger partial charge in [0.15, 0.2) is 0 Å². The fourth-order valence-electron chi connectivity index (χ4n) is 2.41. The monoisotopic (exact) mass is 313 g/mol. The van der Waals surface area contributed by atoms with Gasteiger partial charge in [-0.25, -0.2) is 4.68 Å². The van der Waals surface area contributed by atoms with Crippen LogP contribution in [-0.4, -0.2) is 29.5 Å². The van der Waals surface area contributed by atoms with Crippen molar-refractivity contribution < 1.29 is 4.74 Å². The van der Waals surface area contributed by atoms with Gasteiger partial charge in [-0.15, -0.1) is 0 Å². The average Bonchev–Trinajstić information content (AvgIpc) is 2.48. The summed E-state index contributed by atoms with van der Waals surface area (Å²) in [6.45, 7) is 7.29. The molecule has 5 nitrogen and oxygen atoms in total. The minimum absolute atomic E-state index is 0.179. The Morgan fingerprint density at radius 3 is 2.86 bits per heavy atom. The third-order valence-corrected chi connectivity index (χ3v) is 4.48. The molecule has 1 saturated heterocycles. The van der Waals surface area contributed by atoms with Crippen LogP contribution < -0.4 is 10.9 Å². The predicted octanol–water partition coefficient (Wildman–Crippen LogP) is 2.93. The summed E-state index contributed by atoms with van der Waals surface area (Å²) in [7, 11) is 0. The van der Waals surface area contributed by atoms with Gasteiger partial charge in [0, 0.05) is 26.3 Å². The molecule has 1 aliphatic heterocycles. The van der Waals surface area contributed by atoms with Crippen molar-refractivity contribution in [2.45, 2.75) is 46.1 Å². The lowest BCUT2D eigenvalue weighted by molar-refractivity contribution is 0.0300. The van der Waals surface area contributed by atoms with Crippen LogP contribution >= 0.6 is 11.6 Å². The molecule has 0 radical (unpaired) electrons. The van der Waals surface area contributed by atoms with Crippen LogP contribution in [0.4, 0.5) is 5.69 Å². The van der Waals surface area contributed by atoms with Gasteiger partial charge in [-0.2, -0.15) is 5.10 Å². The van der Waals surface area contributed by atoms with Gasteiger partial charge in [-0.1, -0.05) is 31.9 Å². The topological polar surface area (TPSA) is 56.1 Å². The Bertz CT molecular complexity index is 524. The molecule has 21 heavy (non-hydrogen) atoms. The normalized spacial score (nSPS) is 17.7. The second kappa shape index (κ2) is 7.27. The number of ether oxygens (including phenoxy) is 1. The number of nitrogens with one attached hydrogen (secondary N) is 1. The number of unbranched alkanes of at least 4 members (excludes halogenated alkanes) is 1. The Labute approximate surface area is 130 Å². The summed E-state index contributed by atoms with van der Waals surface area (Å²) in [4.78, 5) is 12.1. The summed E-state index contributed by atoms with van der Waals surface area (Å²) >= 11 is 6.18. The summed E-state index contributed by atoms with van der Waals surface area (Å²) < 4.78 is 6.83. The molecule has 0 atom stereocenters. The van der Waals surface area contributed by atoms with E-state index in [1.807, 2.05) is 0 Å². The lowest BCUT2D eigenvalue weighted by Crippen LogP contribution is -2.34. The molecule has 6 heteroatoms. The van der Waals surface area contributed by atoms with Crippen LogP contribution in [0.15, 0.2) is 11.0 Å². The second-order valence-corrected chi connectivity index (χ2v) is 6.41. The van der Waals surface area contributed by atoms with E-state index in [2.05, 4.69) is 24.3 Å². The summed E-state index contributed by atoms with van der Waals surface area (Å²) in [6, 6.07) is 0. The molecule has 1 aliphatic rings. The second-order valence-electron chi connectivity index (χ2n) is 6.03. The van der Waals surface area contributed by atoms with Gasteiger partial charge in [0.25, 0.3) is 5.56 Å². The Morgan fingerprint density at radius 1 is 1.48 bits per heavy atom.